The predicted octanol–water partition coefficient (Wildman–Crippen LogP) is 6.96. The van der Waals surface area contributed by atoms with Crippen molar-refractivity contribution in [2.24, 2.45) is 17.1 Å². The second-order valence-corrected chi connectivity index (χ2v) is 14.3. The van der Waals surface area contributed by atoms with E-state index in [-0.39, 0.29) is 29.2 Å². The van der Waals surface area contributed by atoms with Gasteiger partial charge in [0.1, 0.15) is 24.5 Å². The molecule has 6 rings (SSSR count). The van der Waals surface area contributed by atoms with Crippen LogP contribution in [0.25, 0.3) is 0 Å². The lowest BCUT2D eigenvalue weighted by atomic mass is 9.63. The fourth-order valence-corrected chi connectivity index (χ4v) is 8.52. The Morgan fingerprint density at radius 1 is 1.04 bits per heavy atom. The zero-order valence-electron chi connectivity index (χ0n) is 26.6. The highest BCUT2D eigenvalue weighted by atomic mass is 35.5. The number of rotatable bonds is 9. The minimum atomic E-state index is -0.423. The Kier molecular flexibility index (Phi) is 10.1. The lowest BCUT2D eigenvalue weighted by Gasteiger charge is -2.49. The molecule has 3 aliphatic rings. The van der Waals surface area contributed by atoms with Crippen molar-refractivity contribution in [2.45, 2.75) is 109 Å². The molecule has 9 heteroatoms. The molecular weight excluding hydrogens is 587 g/mol. The molecule has 1 aromatic heterocycles. The molecule has 1 aliphatic heterocycles. The van der Waals surface area contributed by atoms with Crippen molar-refractivity contribution in [1.82, 2.24) is 19.7 Å². The highest BCUT2D eigenvalue weighted by molar-refractivity contribution is 6.30. The first kappa shape index (κ1) is 32.0. The third kappa shape index (κ3) is 7.38. The second kappa shape index (κ2) is 14.2. The third-order valence-corrected chi connectivity index (χ3v) is 11.3. The summed E-state index contributed by atoms with van der Waals surface area (Å²) in [6, 6.07) is 13.1. The van der Waals surface area contributed by atoms with Crippen molar-refractivity contribution in [3.63, 3.8) is 0 Å². The topological polar surface area (TPSA) is 80.3 Å². The summed E-state index contributed by atoms with van der Waals surface area (Å²) in [5.74, 6) is 0.565. The Labute approximate surface area is 272 Å². The lowest BCUT2D eigenvalue weighted by Crippen LogP contribution is -2.57. The van der Waals surface area contributed by atoms with Gasteiger partial charge in [-0.25, -0.2) is 9.37 Å². The van der Waals surface area contributed by atoms with Crippen molar-refractivity contribution in [2.75, 3.05) is 18.0 Å². The molecule has 2 saturated carbocycles. The Morgan fingerprint density at radius 2 is 1.76 bits per heavy atom. The SMILES string of the molecule is Cc1cc(N([C@H]2CC[C@H](N)CC2)[C@H](Cc2ccc(Cl)cc2)C(=O)N2CCC(Cn3cncn3)(C3CCCCC3)CC2)ccc1F. The fraction of sp³-hybridized carbons (Fsp3) is 0.583. The summed E-state index contributed by atoms with van der Waals surface area (Å²) in [7, 11) is 0. The third-order valence-electron chi connectivity index (χ3n) is 11.0. The molecule has 2 N–H and O–H groups in total. The number of likely N-dealkylation sites (tertiary alicyclic amines) is 1. The largest absolute Gasteiger partial charge is 0.356 e. The fourth-order valence-electron chi connectivity index (χ4n) is 8.39. The smallest absolute Gasteiger partial charge is 0.245 e. The minimum absolute atomic E-state index is 0.115. The molecule has 1 amide bonds. The Bertz CT molecular complexity index is 1390. The molecular formula is C36H48ClFN6O. The first-order chi connectivity index (χ1) is 21.8. The number of anilines is 1. The second-order valence-electron chi connectivity index (χ2n) is 13.9. The monoisotopic (exact) mass is 634 g/mol. The number of carbonyl (C=O) groups is 1. The average molecular weight is 635 g/mol. The average Bonchev–Trinajstić information content (AvgIpc) is 3.57. The number of aromatic nitrogens is 3. The van der Waals surface area contributed by atoms with Gasteiger partial charge in [0, 0.05) is 48.8 Å². The van der Waals surface area contributed by atoms with Crippen LogP contribution in [0.2, 0.25) is 5.02 Å². The van der Waals surface area contributed by atoms with Gasteiger partial charge < -0.3 is 15.5 Å². The normalized spacial score (nSPS) is 23.1. The summed E-state index contributed by atoms with van der Waals surface area (Å²) in [6.45, 7) is 4.12. The van der Waals surface area contributed by atoms with Crippen molar-refractivity contribution in [3.8, 4) is 0 Å². The first-order valence-electron chi connectivity index (χ1n) is 17.0. The Balaban J connectivity index is 1.31. The molecule has 2 aliphatic carbocycles. The van der Waals surface area contributed by atoms with Crippen LogP contribution < -0.4 is 10.6 Å². The number of carbonyl (C=O) groups excluding carboxylic acids is 1. The van der Waals surface area contributed by atoms with Gasteiger partial charge in [-0.2, -0.15) is 5.10 Å². The minimum Gasteiger partial charge on any atom is -0.356 e. The number of piperidine rings is 1. The summed E-state index contributed by atoms with van der Waals surface area (Å²) >= 11 is 6.26. The van der Waals surface area contributed by atoms with Crippen LogP contribution in [0.3, 0.4) is 0 Å². The molecule has 2 heterocycles. The van der Waals surface area contributed by atoms with Crippen LogP contribution in [0.1, 0.15) is 81.8 Å². The van der Waals surface area contributed by atoms with E-state index in [4.69, 9.17) is 17.3 Å². The van der Waals surface area contributed by atoms with Gasteiger partial charge in [0.05, 0.1) is 0 Å². The van der Waals surface area contributed by atoms with E-state index in [2.05, 4.69) is 19.9 Å². The number of amides is 1. The van der Waals surface area contributed by atoms with Gasteiger partial charge in [-0.05, 0) is 111 Å². The molecule has 0 spiro atoms. The highest BCUT2D eigenvalue weighted by Crippen LogP contribution is 2.47. The maximum atomic E-state index is 14.9. The summed E-state index contributed by atoms with van der Waals surface area (Å²) < 4.78 is 16.5. The molecule has 0 unspecified atom stereocenters. The van der Waals surface area contributed by atoms with E-state index < -0.39 is 6.04 Å². The van der Waals surface area contributed by atoms with Crippen LogP contribution in [0.4, 0.5) is 10.1 Å². The summed E-state index contributed by atoms with van der Waals surface area (Å²) in [4.78, 5) is 23.5. The Morgan fingerprint density at radius 3 is 2.40 bits per heavy atom. The van der Waals surface area contributed by atoms with E-state index in [9.17, 15) is 9.18 Å². The van der Waals surface area contributed by atoms with E-state index in [1.54, 1.807) is 19.3 Å². The maximum absolute atomic E-state index is 14.9. The van der Waals surface area contributed by atoms with Crippen LogP contribution in [-0.2, 0) is 17.8 Å². The van der Waals surface area contributed by atoms with E-state index >= 15 is 0 Å². The number of hydrogen-bond donors (Lipinski definition) is 1. The number of nitrogens with two attached hydrogens (primary N) is 1. The molecule has 0 bridgehead atoms. The molecule has 45 heavy (non-hydrogen) atoms. The van der Waals surface area contributed by atoms with Gasteiger partial charge in [-0.15, -0.1) is 0 Å². The van der Waals surface area contributed by atoms with Crippen molar-refractivity contribution < 1.29 is 9.18 Å². The molecule has 7 nitrogen and oxygen atoms in total. The van der Waals surface area contributed by atoms with E-state index in [1.165, 1.54) is 32.1 Å². The number of benzene rings is 2. The van der Waals surface area contributed by atoms with Crippen LogP contribution in [0, 0.1) is 24.1 Å². The van der Waals surface area contributed by atoms with Crippen LogP contribution in [0.5, 0.6) is 0 Å². The van der Waals surface area contributed by atoms with Crippen molar-refractivity contribution in [1.29, 1.82) is 0 Å². The van der Waals surface area contributed by atoms with E-state index in [0.29, 0.717) is 22.9 Å². The number of halogens is 2. The van der Waals surface area contributed by atoms with Gasteiger partial charge in [0.2, 0.25) is 5.91 Å². The Hall–Kier alpha value is -2.97. The molecule has 1 saturated heterocycles. The zero-order chi connectivity index (χ0) is 31.4. The molecule has 0 radical (unpaired) electrons. The van der Waals surface area contributed by atoms with Gasteiger partial charge in [0.15, 0.2) is 0 Å². The summed E-state index contributed by atoms with van der Waals surface area (Å²) in [5, 5.41) is 5.16. The van der Waals surface area contributed by atoms with Crippen molar-refractivity contribution >= 4 is 23.2 Å². The van der Waals surface area contributed by atoms with Crippen LogP contribution in [-0.4, -0.2) is 56.8 Å². The first-order valence-corrected chi connectivity index (χ1v) is 17.3. The van der Waals surface area contributed by atoms with Gasteiger partial charge in [0.25, 0.3) is 0 Å². The van der Waals surface area contributed by atoms with Gasteiger partial charge >= 0.3 is 0 Å². The van der Waals surface area contributed by atoms with E-state index in [1.807, 2.05) is 47.4 Å². The van der Waals surface area contributed by atoms with Crippen LogP contribution in [0.15, 0.2) is 55.1 Å². The zero-order valence-corrected chi connectivity index (χ0v) is 27.3. The molecule has 2 aromatic carbocycles. The standard InChI is InChI=1S/C36H48ClFN6O/c1-26-21-32(15-16-33(26)38)44(31-13-11-30(39)12-14-31)34(22-27-7-9-29(37)10-8-27)35(45)42-19-17-36(18-20-42,23-43-25-40-24-41-43)28-5-3-2-4-6-28/h7-10,15-16,21,24-25,28,30-31,34H,2-6,11-14,17-20,22-23,39H2,1H3/t30-,31-,34-/m1/s1. The maximum Gasteiger partial charge on any atom is 0.245 e. The number of nitrogens with zero attached hydrogens (tertiary/aromatic N) is 5. The lowest BCUT2D eigenvalue weighted by molar-refractivity contribution is -0.136. The molecule has 3 aromatic rings. The van der Waals surface area contributed by atoms with Gasteiger partial charge in [-0.1, -0.05) is 43.0 Å². The quantitative estimate of drug-likeness (QED) is 0.275. The predicted molar refractivity (Wildman–Crippen MR) is 178 cm³/mol. The molecule has 1 atom stereocenters. The molecule has 242 valence electrons. The molecule has 3 fully saturated rings. The number of hydrogen-bond acceptors (Lipinski definition) is 5. The highest BCUT2D eigenvalue weighted by Gasteiger charge is 2.45. The summed E-state index contributed by atoms with van der Waals surface area (Å²) in [5.41, 5.74) is 9.01. The van der Waals surface area contributed by atoms with Crippen molar-refractivity contribution in [3.05, 3.63) is 77.1 Å². The van der Waals surface area contributed by atoms with E-state index in [0.717, 1.165) is 69.4 Å². The number of aryl methyl sites for hydroxylation is 1. The summed E-state index contributed by atoms with van der Waals surface area (Å²) in [6.07, 6.45) is 16.0. The van der Waals surface area contributed by atoms with Gasteiger partial charge in [-0.3, -0.25) is 9.48 Å². The van der Waals surface area contributed by atoms with Crippen LogP contribution >= 0.6 is 11.6 Å².